The van der Waals surface area contributed by atoms with Gasteiger partial charge in [-0.05, 0) is 51.2 Å². The Morgan fingerprint density at radius 3 is 2.38 bits per heavy atom. The average molecular weight is 465 g/mol. The summed E-state index contributed by atoms with van der Waals surface area (Å²) in [5.74, 6) is -0.667. The van der Waals surface area contributed by atoms with E-state index < -0.39 is 5.43 Å². The van der Waals surface area contributed by atoms with Crippen LogP contribution in [0.3, 0.4) is 0 Å². The standard InChI is InChI=1S/C27H36N4O3/c1-20-11-8-10-16-31(20)27(34)24-19-30(17-22-14-7-9-15-28-22)18-23(25(24)32)26(33)29-21-12-5-3-2-4-6-13-21/h7,9,14-15,18-21H,2-6,8,10-13,16-17H2,1H3,(H,29,33)/t20-/m1/s1. The van der Waals surface area contributed by atoms with Crippen molar-refractivity contribution >= 4 is 11.8 Å². The number of pyridine rings is 2. The molecule has 2 amide bonds. The Labute approximate surface area is 201 Å². The molecule has 1 aliphatic heterocycles. The van der Waals surface area contributed by atoms with Crippen molar-refractivity contribution in [3.8, 4) is 0 Å². The van der Waals surface area contributed by atoms with E-state index in [9.17, 15) is 14.4 Å². The van der Waals surface area contributed by atoms with Crippen molar-refractivity contribution in [2.24, 2.45) is 0 Å². The first-order chi connectivity index (χ1) is 16.5. The summed E-state index contributed by atoms with van der Waals surface area (Å²) < 4.78 is 1.75. The highest BCUT2D eigenvalue weighted by Gasteiger charge is 2.28. The first kappa shape index (κ1) is 24.2. The third kappa shape index (κ3) is 5.93. The molecule has 4 rings (SSSR count). The first-order valence-corrected chi connectivity index (χ1v) is 12.8. The molecule has 3 heterocycles. The van der Waals surface area contributed by atoms with Gasteiger partial charge in [0.05, 0.1) is 12.2 Å². The number of nitrogens with one attached hydrogen (secondary N) is 1. The summed E-state index contributed by atoms with van der Waals surface area (Å²) in [6.07, 6.45) is 15.4. The van der Waals surface area contributed by atoms with Gasteiger partial charge in [0.15, 0.2) is 0 Å². The van der Waals surface area contributed by atoms with Crippen molar-refractivity contribution in [3.63, 3.8) is 0 Å². The van der Waals surface area contributed by atoms with Crippen LogP contribution in [-0.2, 0) is 6.54 Å². The lowest BCUT2D eigenvalue weighted by molar-refractivity contribution is 0.0633. The lowest BCUT2D eigenvalue weighted by Gasteiger charge is -2.33. The van der Waals surface area contributed by atoms with Crippen molar-refractivity contribution in [1.82, 2.24) is 19.8 Å². The molecule has 182 valence electrons. The van der Waals surface area contributed by atoms with Gasteiger partial charge in [-0.3, -0.25) is 19.4 Å². The Kier molecular flexibility index (Phi) is 8.14. The minimum Gasteiger partial charge on any atom is -0.349 e. The normalized spacial score (nSPS) is 19.8. The minimum atomic E-state index is -0.483. The molecule has 7 heteroatoms. The molecule has 34 heavy (non-hydrogen) atoms. The number of rotatable bonds is 5. The van der Waals surface area contributed by atoms with Gasteiger partial charge >= 0.3 is 0 Å². The molecule has 1 saturated heterocycles. The van der Waals surface area contributed by atoms with E-state index >= 15 is 0 Å². The SMILES string of the molecule is C[C@@H]1CCCCN1C(=O)c1cn(Cc2ccccn2)cc(C(=O)NC2CCCCCCC2)c1=O. The van der Waals surface area contributed by atoms with Crippen molar-refractivity contribution in [3.05, 3.63) is 63.8 Å². The van der Waals surface area contributed by atoms with Gasteiger partial charge in [-0.15, -0.1) is 0 Å². The number of nitrogens with zero attached hydrogens (tertiary/aromatic N) is 3. The predicted molar refractivity (Wildman–Crippen MR) is 132 cm³/mol. The number of aromatic nitrogens is 2. The molecular formula is C27H36N4O3. The zero-order valence-electron chi connectivity index (χ0n) is 20.2. The monoisotopic (exact) mass is 464 g/mol. The van der Waals surface area contributed by atoms with Crippen LogP contribution in [0.25, 0.3) is 0 Å². The van der Waals surface area contributed by atoms with E-state index in [0.29, 0.717) is 13.1 Å². The van der Waals surface area contributed by atoms with Gasteiger partial charge in [0.25, 0.3) is 11.8 Å². The van der Waals surface area contributed by atoms with Crippen LogP contribution >= 0.6 is 0 Å². The van der Waals surface area contributed by atoms with E-state index in [1.54, 1.807) is 28.1 Å². The molecule has 0 aromatic carbocycles. The fourth-order valence-electron chi connectivity index (χ4n) is 5.13. The molecule has 2 fully saturated rings. The predicted octanol–water partition coefficient (Wildman–Crippen LogP) is 4.15. The number of hydrogen-bond donors (Lipinski definition) is 1. The Bertz CT molecular complexity index is 1040. The lowest BCUT2D eigenvalue weighted by Crippen LogP contribution is -2.45. The van der Waals surface area contributed by atoms with E-state index in [2.05, 4.69) is 10.3 Å². The van der Waals surface area contributed by atoms with Crippen LogP contribution in [0.2, 0.25) is 0 Å². The van der Waals surface area contributed by atoms with Gasteiger partial charge in [0.1, 0.15) is 11.1 Å². The second kappa shape index (κ2) is 11.4. The van der Waals surface area contributed by atoms with E-state index in [1.807, 2.05) is 25.1 Å². The fraction of sp³-hybridized carbons (Fsp3) is 0.556. The summed E-state index contributed by atoms with van der Waals surface area (Å²) in [5.41, 5.74) is 0.411. The van der Waals surface area contributed by atoms with Crippen LogP contribution in [0, 0.1) is 0 Å². The van der Waals surface area contributed by atoms with Gasteiger partial charge in [-0.25, -0.2) is 0 Å². The van der Waals surface area contributed by atoms with E-state index in [4.69, 9.17) is 0 Å². The number of amides is 2. The summed E-state index contributed by atoms with van der Waals surface area (Å²) in [5, 5.41) is 3.10. The number of piperidine rings is 1. The summed E-state index contributed by atoms with van der Waals surface area (Å²) in [6.45, 7) is 3.04. The second-order valence-corrected chi connectivity index (χ2v) is 9.77. The summed E-state index contributed by atoms with van der Waals surface area (Å²) in [7, 11) is 0. The molecule has 2 aromatic rings. The Morgan fingerprint density at radius 1 is 0.971 bits per heavy atom. The molecule has 2 aromatic heterocycles. The zero-order valence-corrected chi connectivity index (χ0v) is 20.2. The molecule has 0 radical (unpaired) electrons. The Morgan fingerprint density at radius 2 is 1.68 bits per heavy atom. The van der Waals surface area contributed by atoms with Crippen molar-refractivity contribution in [2.75, 3.05) is 6.54 Å². The topological polar surface area (TPSA) is 84.3 Å². The smallest absolute Gasteiger partial charge is 0.259 e. The molecule has 7 nitrogen and oxygen atoms in total. The highest BCUT2D eigenvalue weighted by Crippen LogP contribution is 2.20. The molecular weight excluding hydrogens is 428 g/mol. The van der Waals surface area contributed by atoms with Gasteiger partial charge in [0.2, 0.25) is 5.43 Å². The van der Waals surface area contributed by atoms with Crippen LogP contribution in [0.5, 0.6) is 0 Å². The van der Waals surface area contributed by atoms with Crippen molar-refractivity contribution < 1.29 is 9.59 Å². The van der Waals surface area contributed by atoms with Crippen LogP contribution in [0.1, 0.15) is 97.5 Å². The minimum absolute atomic E-state index is 0.0357. The molecule has 1 saturated carbocycles. The lowest BCUT2D eigenvalue weighted by atomic mass is 9.96. The van der Waals surface area contributed by atoms with Crippen molar-refractivity contribution in [1.29, 1.82) is 0 Å². The van der Waals surface area contributed by atoms with Crippen molar-refractivity contribution in [2.45, 2.75) is 89.8 Å². The summed E-state index contributed by atoms with van der Waals surface area (Å²) in [4.78, 5) is 46.3. The first-order valence-electron chi connectivity index (χ1n) is 12.8. The van der Waals surface area contributed by atoms with Crippen LogP contribution in [-0.4, -0.2) is 44.9 Å². The highest BCUT2D eigenvalue weighted by atomic mass is 16.2. The third-order valence-corrected chi connectivity index (χ3v) is 7.13. The molecule has 0 spiro atoms. The number of carbonyl (C=O) groups excluding carboxylic acids is 2. The number of likely N-dealkylation sites (tertiary alicyclic amines) is 1. The van der Waals surface area contributed by atoms with Gasteiger partial charge in [-0.1, -0.05) is 38.2 Å². The second-order valence-electron chi connectivity index (χ2n) is 9.77. The number of hydrogen-bond acceptors (Lipinski definition) is 4. The molecule has 2 aliphatic rings. The largest absolute Gasteiger partial charge is 0.349 e. The van der Waals surface area contributed by atoms with E-state index in [0.717, 1.165) is 50.6 Å². The average Bonchev–Trinajstić information content (AvgIpc) is 2.82. The fourth-order valence-corrected chi connectivity index (χ4v) is 5.13. The maximum absolute atomic E-state index is 13.4. The molecule has 1 aliphatic carbocycles. The van der Waals surface area contributed by atoms with Gasteiger partial charge in [-0.2, -0.15) is 0 Å². The van der Waals surface area contributed by atoms with Gasteiger partial charge < -0.3 is 14.8 Å². The molecule has 0 bridgehead atoms. The maximum Gasteiger partial charge on any atom is 0.259 e. The van der Waals surface area contributed by atoms with Gasteiger partial charge in [0, 0.05) is 37.2 Å². The highest BCUT2D eigenvalue weighted by molar-refractivity contribution is 5.99. The maximum atomic E-state index is 13.4. The quantitative estimate of drug-likeness (QED) is 0.721. The van der Waals surface area contributed by atoms with Crippen LogP contribution in [0.15, 0.2) is 41.6 Å². The molecule has 1 atom stereocenters. The Hall–Kier alpha value is -2.96. The van der Waals surface area contributed by atoms with E-state index in [1.165, 1.54) is 19.3 Å². The summed E-state index contributed by atoms with van der Waals surface area (Å²) in [6, 6.07) is 5.78. The van der Waals surface area contributed by atoms with Crippen LogP contribution < -0.4 is 10.7 Å². The summed E-state index contributed by atoms with van der Waals surface area (Å²) >= 11 is 0. The van der Waals surface area contributed by atoms with Crippen LogP contribution in [0.4, 0.5) is 0 Å². The molecule has 0 unspecified atom stereocenters. The zero-order chi connectivity index (χ0) is 23.9. The third-order valence-electron chi connectivity index (χ3n) is 7.13. The Balaban J connectivity index is 1.65. The van der Waals surface area contributed by atoms with E-state index in [-0.39, 0.29) is 35.0 Å². The molecule has 1 N–H and O–H groups in total. The number of carbonyl (C=O) groups is 2.